The predicted octanol–water partition coefficient (Wildman–Crippen LogP) is 2.89. The lowest BCUT2D eigenvalue weighted by atomic mass is 9.90. The van der Waals surface area contributed by atoms with Gasteiger partial charge in [-0.1, -0.05) is 30.3 Å². The highest BCUT2D eigenvalue weighted by atomic mass is 32.2. The molecule has 0 saturated carbocycles. The zero-order valence-electron chi connectivity index (χ0n) is 15.7. The van der Waals surface area contributed by atoms with Crippen molar-refractivity contribution in [1.29, 1.82) is 0 Å². The van der Waals surface area contributed by atoms with E-state index in [1.807, 2.05) is 0 Å². The van der Waals surface area contributed by atoms with E-state index < -0.39 is 10.0 Å². The van der Waals surface area contributed by atoms with Crippen LogP contribution in [0.3, 0.4) is 0 Å². The summed E-state index contributed by atoms with van der Waals surface area (Å²) in [4.78, 5) is 2.71. The van der Waals surface area contributed by atoms with Crippen molar-refractivity contribution in [2.24, 2.45) is 5.92 Å². The molecule has 0 radical (unpaired) electrons. The molecule has 0 unspecified atom stereocenters. The number of nitrogens with one attached hydrogen (secondary N) is 1. The minimum Gasteiger partial charge on any atom is -0.399 e. The van der Waals surface area contributed by atoms with Gasteiger partial charge in [-0.3, -0.25) is 0 Å². The molecule has 3 rings (SSSR count). The maximum Gasteiger partial charge on any atom is 0.240 e. The van der Waals surface area contributed by atoms with Crippen LogP contribution in [-0.2, 0) is 16.4 Å². The van der Waals surface area contributed by atoms with E-state index in [2.05, 4.69) is 40.0 Å². The molecule has 2 aromatic rings. The first-order chi connectivity index (χ1) is 13.0. The smallest absolute Gasteiger partial charge is 0.240 e. The fourth-order valence-electron chi connectivity index (χ4n) is 3.60. The summed E-state index contributed by atoms with van der Waals surface area (Å²) >= 11 is 0. The zero-order valence-corrected chi connectivity index (χ0v) is 16.5. The van der Waals surface area contributed by atoms with Gasteiger partial charge in [0.25, 0.3) is 0 Å². The first kappa shape index (κ1) is 19.9. The molecule has 0 spiro atoms. The first-order valence-corrected chi connectivity index (χ1v) is 11.1. The SMILES string of the molecule is Nc1ccc(S(=O)(=O)NCCCN2CCC(Cc3ccccc3)CC2)cc1. The Labute approximate surface area is 162 Å². The fraction of sp³-hybridized carbons (Fsp3) is 0.429. The number of benzene rings is 2. The van der Waals surface area contributed by atoms with E-state index in [1.165, 1.54) is 30.5 Å². The van der Waals surface area contributed by atoms with Crippen LogP contribution in [0.1, 0.15) is 24.8 Å². The van der Waals surface area contributed by atoms with Crippen LogP contribution in [-0.4, -0.2) is 39.5 Å². The maximum atomic E-state index is 12.2. The molecule has 0 bridgehead atoms. The number of hydrogen-bond acceptors (Lipinski definition) is 4. The Morgan fingerprint density at radius 1 is 1.00 bits per heavy atom. The van der Waals surface area contributed by atoms with Crippen LogP contribution in [0.2, 0.25) is 0 Å². The van der Waals surface area contributed by atoms with Crippen LogP contribution < -0.4 is 10.5 Å². The standard InChI is InChI=1S/C21H29N3O2S/c22-20-7-9-21(10-8-20)27(25,26)23-13-4-14-24-15-11-19(12-16-24)17-18-5-2-1-3-6-18/h1-3,5-10,19,23H,4,11-17,22H2. The van der Waals surface area contributed by atoms with E-state index in [1.54, 1.807) is 12.1 Å². The molecule has 146 valence electrons. The molecule has 1 aliphatic heterocycles. The molecule has 1 aliphatic rings. The van der Waals surface area contributed by atoms with Gasteiger partial charge in [0.1, 0.15) is 0 Å². The molecule has 0 atom stereocenters. The quantitative estimate of drug-likeness (QED) is 0.539. The van der Waals surface area contributed by atoms with Crippen LogP contribution in [0.5, 0.6) is 0 Å². The summed E-state index contributed by atoms with van der Waals surface area (Å²) in [6.45, 7) is 3.59. The Balaban J connectivity index is 1.35. The second-order valence-corrected chi connectivity index (χ2v) is 9.06. The Morgan fingerprint density at radius 3 is 2.33 bits per heavy atom. The van der Waals surface area contributed by atoms with Crippen molar-refractivity contribution in [3.63, 3.8) is 0 Å². The number of sulfonamides is 1. The van der Waals surface area contributed by atoms with E-state index in [0.717, 1.165) is 38.4 Å². The van der Waals surface area contributed by atoms with E-state index in [4.69, 9.17) is 5.73 Å². The van der Waals surface area contributed by atoms with Crippen LogP contribution in [0.25, 0.3) is 0 Å². The number of nitrogens with zero attached hydrogens (tertiary/aromatic N) is 1. The van der Waals surface area contributed by atoms with Crippen molar-refractivity contribution in [2.45, 2.75) is 30.6 Å². The minimum absolute atomic E-state index is 0.262. The van der Waals surface area contributed by atoms with Crippen LogP contribution >= 0.6 is 0 Å². The lowest BCUT2D eigenvalue weighted by Gasteiger charge is -2.32. The van der Waals surface area contributed by atoms with Crippen molar-refractivity contribution in [3.05, 3.63) is 60.2 Å². The third-order valence-electron chi connectivity index (χ3n) is 5.21. The lowest BCUT2D eigenvalue weighted by Crippen LogP contribution is -2.36. The maximum absolute atomic E-state index is 12.2. The molecule has 3 N–H and O–H groups in total. The van der Waals surface area contributed by atoms with Gasteiger partial charge in [-0.05, 0) is 81.1 Å². The molecule has 1 fully saturated rings. The van der Waals surface area contributed by atoms with Crippen LogP contribution in [0, 0.1) is 5.92 Å². The molecule has 1 heterocycles. The van der Waals surface area contributed by atoms with Crippen molar-refractivity contribution in [3.8, 4) is 0 Å². The van der Waals surface area contributed by atoms with Crippen LogP contribution in [0.15, 0.2) is 59.5 Å². The van der Waals surface area contributed by atoms with Crippen LogP contribution in [0.4, 0.5) is 5.69 Å². The second kappa shape index (κ2) is 9.35. The number of nitrogens with two attached hydrogens (primary N) is 1. The summed E-state index contributed by atoms with van der Waals surface area (Å²) in [7, 11) is -3.45. The number of nitrogen functional groups attached to an aromatic ring is 1. The molecule has 2 aromatic carbocycles. The van der Waals surface area contributed by atoms with Gasteiger partial charge < -0.3 is 10.6 Å². The van der Waals surface area contributed by atoms with Gasteiger partial charge in [0.2, 0.25) is 10.0 Å². The number of anilines is 1. The Hall–Kier alpha value is -1.89. The molecule has 1 saturated heterocycles. The molecule has 5 nitrogen and oxygen atoms in total. The third-order valence-corrected chi connectivity index (χ3v) is 6.68. The van der Waals surface area contributed by atoms with E-state index in [-0.39, 0.29) is 4.90 Å². The second-order valence-electron chi connectivity index (χ2n) is 7.30. The molecule has 0 aromatic heterocycles. The highest BCUT2D eigenvalue weighted by Crippen LogP contribution is 2.21. The predicted molar refractivity (Wildman–Crippen MR) is 110 cm³/mol. The summed E-state index contributed by atoms with van der Waals surface area (Å²) in [5.41, 5.74) is 7.59. The number of rotatable bonds is 8. The topological polar surface area (TPSA) is 75.4 Å². The van der Waals surface area contributed by atoms with Gasteiger partial charge in [-0.15, -0.1) is 0 Å². The van der Waals surface area contributed by atoms with Gasteiger partial charge in [-0.2, -0.15) is 0 Å². The van der Waals surface area contributed by atoms with Gasteiger partial charge in [-0.25, -0.2) is 13.1 Å². The number of hydrogen-bond donors (Lipinski definition) is 2. The molecule has 0 aliphatic carbocycles. The number of piperidine rings is 1. The summed E-state index contributed by atoms with van der Waals surface area (Å²) < 4.78 is 27.2. The van der Waals surface area contributed by atoms with Crippen molar-refractivity contribution >= 4 is 15.7 Å². The van der Waals surface area contributed by atoms with E-state index >= 15 is 0 Å². The summed E-state index contributed by atoms with van der Waals surface area (Å²) in [5.74, 6) is 0.757. The average molecular weight is 388 g/mol. The molecular weight excluding hydrogens is 358 g/mol. The summed E-state index contributed by atoms with van der Waals surface area (Å²) in [6.07, 6.45) is 4.41. The van der Waals surface area contributed by atoms with Gasteiger partial charge in [0.05, 0.1) is 4.90 Å². The summed E-state index contributed by atoms with van der Waals surface area (Å²) in [6, 6.07) is 17.0. The highest BCUT2D eigenvalue weighted by Gasteiger charge is 2.19. The molecule has 0 amide bonds. The highest BCUT2D eigenvalue weighted by molar-refractivity contribution is 7.89. The Morgan fingerprint density at radius 2 is 1.67 bits per heavy atom. The zero-order chi connectivity index (χ0) is 19.1. The van der Waals surface area contributed by atoms with E-state index in [9.17, 15) is 8.42 Å². The lowest BCUT2D eigenvalue weighted by molar-refractivity contribution is 0.183. The van der Waals surface area contributed by atoms with Gasteiger partial charge >= 0.3 is 0 Å². The average Bonchev–Trinajstić information content (AvgIpc) is 2.68. The van der Waals surface area contributed by atoms with Gasteiger partial charge in [0, 0.05) is 12.2 Å². The number of likely N-dealkylation sites (tertiary alicyclic amines) is 1. The Bertz CT molecular complexity index is 799. The normalized spacial score (nSPS) is 16.4. The third kappa shape index (κ3) is 6.06. The van der Waals surface area contributed by atoms with Crippen molar-refractivity contribution in [2.75, 3.05) is 31.9 Å². The largest absolute Gasteiger partial charge is 0.399 e. The summed E-state index contributed by atoms with van der Waals surface area (Å²) in [5, 5.41) is 0. The minimum atomic E-state index is -3.45. The molecular formula is C21H29N3O2S. The first-order valence-electron chi connectivity index (χ1n) is 9.64. The molecule has 27 heavy (non-hydrogen) atoms. The fourth-order valence-corrected chi connectivity index (χ4v) is 4.68. The van der Waals surface area contributed by atoms with Gasteiger partial charge in [0.15, 0.2) is 0 Å². The Kier molecular flexibility index (Phi) is 6.88. The van der Waals surface area contributed by atoms with Crippen molar-refractivity contribution < 1.29 is 8.42 Å². The monoisotopic (exact) mass is 387 g/mol. The van der Waals surface area contributed by atoms with Crippen molar-refractivity contribution in [1.82, 2.24) is 9.62 Å². The van der Waals surface area contributed by atoms with E-state index in [0.29, 0.717) is 12.2 Å². The molecule has 6 heteroatoms.